The first-order chi connectivity index (χ1) is 14.9. The molecular weight excluding hydrogens is 407 g/mol. The Bertz CT molecular complexity index is 1160. The number of methoxy groups -OCH3 is 1. The average Bonchev–Trinajstić information content (AvgIpc) is 3.27. The van der Waals surface area contributed by atoms with Crippen LogP contribution in [0.4, 0.5) is 18.9 Å². The number of rotatable bonds is 4. The van der Waals surface area contributed by atoms with E-state index < -0.39 is 11.8 Å². The molecule has 2 aliphatic heterocycles. The largest absolute Gasteiger partial charge is 0.573 e. The molecule has 3 aromatic carbocycles. The first-order valence-corrected chi connectivity index (χ1v) is 9.74. The van der Waals surface area contributed by atoms with Gasteiger partial charge in [-0.15, -0.1) is 13.2 Å². The molecule has 3 aromatic rings. The Morgan fingerprint density at radius 3 is 2.45 bits per heavy atom. The zero-order valence-electron chi connectivity index (χ0n) is 16.5. The second kappa shape index (κ2) is 7.04. The summed E-state index contributed by atoms with van der Waals surface area (Å²) in [5.41, 5.74) is 2.89. The highest BCUT2D eigenvalue weighted by Gasteiger charge is 2.52. The number of hydrogen-bond acceptors (Lipinski definition) is 4. The van der Waals surface area contributed by atoms with E-state index >= 15 is 0 Å². The van der Waals surface area contributed by atoms with E-state index in [1.165, 1.54) is 12.1 Å². The van der Waals surface area contributed by atoms with Gasteiger partial charge in [-0.05, 0) is 35.4 Å². The van der Waals surface area contributed by atoms with Crippen LogP contribution in [0.5, 0.6) is 17.2 Å². The van der Waals surface area contributed by atoms with E-state index in [0.29, 0.717) is 12.2 Å². The van der Waals surface area contributed by atoms with Crippen LogP contribution in [0.2, 0.25) is 0 Å². The number of benzene rings is 3. The normalized spacial score (nSPS) is 21.0. The standard InChI is InChI=1S/C24H18F3NO3/c1-29-16-8-6-15(7-9-16)12-22-23(14-28-20-5-3-2-4-18(20)23)19-11-10-17(13-21(19)30-22)31-24(25,26)27/h2-11,13-14,22H,12H2,1H3. The van der Waals surface area contributed by atoms with Crippen LogP contribution in [-0.2, 0) is 11.8 Å². The van der Waals surface area contributed by atoms with Gasteiger partial charge in [-0.1, -0.05) is 36.4 Å². The molecule has 4 nitrogen and oxygen atoms in total. The quantitative estimate of drug-likeness (QED) is 0.546. The van der Waals surface area contributed by atoms with Gasteiger partial charge < -0.3 is 14.2 Å². The summed E-state index contributed by atoms with van der Waals surface area (Å²) in [6.45, 7) is 0. The number of nitrogens with zero attached hydrogens (tertiary/aromatic N) is 1. The third kappa shape index (κ3) is 3.30. The van der Waals surface area contributed by atoms with Gasteiger partial charge in [0.05, 0.1) is 18.2 Å². The van der Waals surface area contributed by atoms with Crippen molar-refractivity contribution >= 4 is 11.9 Å². The summed E-state index contributed by atoms with van der Waals surface area (Å²) in [5, 5.41) is 0. The molecule has 2 heterocycles. The molecule has 31 heavy (non-hydrogen) atoms. The van der Waals surface area contributed by atoms with E-state index in [-0.39, 0.29) is 11.9 Å². The molecular formula is C24H18F3NO3. The lowest BCUT2D eigenvalue weighted by Gasteiger charge is -2.29. The maximum Gasteiger partial charge on any atom is 0.573 e. The van der Waals surface area contributed by atoms with Crippen molar-refractivity contribution in [3.05, 3.63) is 83.4 Å². The third-order valence-corrected chi connectivity index (χ3v) is 5.75. The summed E-state index contributed by atoms with van der Waals surface area (Å²) in [6.07, 6.45) is -2.77. The van der Waals surface area contributed by atoms with Crippen LogP contribution in [0.3, 0.4) is 0 Å². The SMILES string of the molecule is COc1ccc(CC2Oc3cc(OC(F)(F)F)ccc3C23C=Nc2ccccc23)cc1. The van der Waals surface area contributed by atoms with Crippen molar-refractivity contribution in [2.24, 2.45) is 4.99 Å². The molecule has 0 N–H and O–H groups in total. The van der Waals surface area contributed by atoms with Crippen LogP contribution in [-0.4, -0.2) is 25.8 Å². The van der Waals surface area contributed by atoms with Gasteiger partial charge >= 0.3 is 6.36 Å². The molecule has 0 amide bonds. The van der Waals surface area contributed by atoms with Crippen LogP contribution < -0.4 is 14.2 Å². The molecule has 5 rings (SSSR count). The summed E-state index contributed by atoms with van der Waals surface area (Å²) >= 11 is 0. The molecule has 0 aromatic heterocycles. The number of halogens is 3. The van der Waals surface area contributed by atoms with Gasteiger partial charge in [-0.2, -0.15) is 0 Å². The minimum atomic E-state index is -4.77. The minimum Gasteiger partial charge on any atom is -0.497 e. The molecule has 0 radical (unpaired) electrons. The summed E-state index contributed by atoms with van der Waals surface area (Å²) in [7, 11) is 1.60. The summed E-state index contributed by atoms with van der Waals surface area (Å²) in [4.78, 5) is 4.60. The Balaban J connectivity index is 1.58. The topological polar surface area (TPSA) is 40.0 Å². The monoisotopic (exact) mass is 425 g/mol. The van der Waals surface area contributed by atoms with Crippen molar-refractivity contribution in [2.45, 2.75) is 24.3 Å². The fourth-order valence-corrected chi connectivity index (χ4v) is 4.39. The maximum atomic E-state index is 12.7. The Labute approximate surface area is 176 Å². The lowest BCUT2D eigenvalue weighted by molar-refractivity contribution is -0.274. The Morgan fingerprint density at radius 1 is 0.968 bits per heavy atom. The Hall–Kier alpha value is -3.48. The van der Waals surface area contributed by atoms with E-state index in [9.17, 15) is 13.2 Å². The van der Waals surface area contributed by atoms with Crippen molar-refractivity contribution in [2.75, 3.05) is 7.11 Å². The Kier molecular flexibility index (Phi) is 4.43. The van der Waals surface area contributed by atoms with Gasteiger partial charge in [0.1, 0.15) is 23.4 Å². The molecule has 2 aliphatic rings. The van der Waals surface area contributed by atoms with Crippen LogP contribution in [0, 0.1) is 0 Å². The van der Waals surface area contributed by atoms with Gasteiger partial charge in [-0.3, -0.25) is 4.99 Å². The van der Waals surface area contributed by atoms with Crippen LogP contribution >= 0.6 is 0 Å². The fraction of sp³-hybridized carbons (Fsp3) is 0.208. The molecule has 0 saturated heterocycles. The van der Waals surface area contributed by atoms with Gasteiger partial charge in [0.2, 0.25) is 0 Å². The maximum absolute atomic E-state index is 12.7. The van der Waals surface area contributed by atoms with Crippen LogP contribution in [0.25, 0.3) is 0 Å². The number of fused-ring (bicyclic) bond motifs is 4. The van der Waals surface area contributed by atoms with E-state index in [1.54, 1.807) is 13.2 Å². The zero-order chi connectivity index (χ0) is 21.6. The Morgan fingerprint density at radius 2 is 1.71 bits per heavy atom. The lowest BCUT2D eigenvalue weighted by Crippen LogP contribution is -2.40. The second-order valence-corrected chi connectivity index (χ2v) is 7.51. The number of ether oxygens (including phenoxy) is 3. The lowest BCUT2D eigenvalue weighted by atomic mass is 9.72. The summed E-state index contributed by atoms with van der Waals surface area (Å²) in [6, 6.07) is 19.7. The minimum absolute atomic E-state index is 0.310. The van der Waals surface area contributed by atoms with Gasteiger partial charge in [-0.25, -0.2) is 0 Å². The molecule has 1 spiro atoms. The third-order valence-electron chi connectivity index (χ3n) is 5.75. The van der Waals surface area contributed by atoms with Crippen molar-refractivity contribution in [3.63, 3.8) is 0 Å². The van der Waals surface area contributed by atoms with E-state index in [1.807, 2.05) is 54.7 Å². The van der Waals surface area contributed by atoms with Gasteiger partial charge in [0, 0.05) is 24.3 Å². The smallest absolute Gasteiger partial charge is 0.497 e. The second-order valence-electron chi connectivity index (χ2n) is 7.51. The highest BCUT2D eigenvalue weighted by atomic mass is 19.4. The van der Waals surface area contributed by atoms with Crippen LogP contribution in [0.15, 0.2) is 71.7 Å². The first-order valence-electron chi connectivity index (χ1n) is 9.74. The predicted molar refractivity (Wildman–Crippen MR) is 110 cm³/mol. The van der Waals surface area contributed by atoms with Crippen molar-refractivity contribution < 1.29 is 27.4 Å². The number of para-hydroxylation sites is 1. The van der Waals surface area contributed by atoms with E-state index in [0.717, 1.165) is 28.1 Å². The molecule has 2 atom stereocenters. The summed E-state index contributed by atoms with van der Waals surface area (Å²) in [5.74, 6) is 0.800. The highest BCUT2D eigenvalue weighted by Crippen LogP contribution is 2.53. The van der Waals surface area contributed by atoms with E-state index in [2.05, 4.69) is 9.73 Å². The van der Waals surface area contributed by atoms with Crippen LogP contribution in [0.1, 0.15) is 16.7 Å². The molecule has 0 bridgehead atoms. The average molecular weight is 425 g/mol. The van der Waals surface area contributed by atoms with Crippen molar-refractivity contribution in [1.82, 2.24) is 0 Å². The predicted octanol–water partition coefficient (Wildman–Crippen LogP) is 5.60. The van der Waals surface area contributed by atoms with E-state index in [4.69, 9.17) is 9.47 Å². The number of aliphatic imine (C=N–C) groups is 1. The van der Waals surface area contributed by atoms with Crippen molar-refractivity contribution in [3.8, 4) is 17.2 Å². The molecule has 158 valence electrons. The van der Waals surface area contributed by atoms with Crippen molar-refractivity contribution in [1.29, 1.82) is 0 Å². The number of hydrogen-bond donors (Lipinski definition) is 0. The fourth-order valence-electron chi connectivity index (χ4n) is 4.39. The summed E-state index contributed by atoms with van der Waals surface area (Å²) < 4.78 is 53.7. The molecule has 0 saturated carbocycles. The van der Waals surface area contributed by atoms with Gasteiger partial charge in [0.25, 0.3) is 0 Å². The molecule has 0 fully saturated rings. The molecule has 0 aliphatic carbocycles. The zero-order valence-corrected chi connectivity index (χ0v) is 16.5. The molecule has 7 heteroatoms. The highest BCUT2D eigenvalue weighted by molar-refractivity contribution is 5.92. The molecule has 2 unspecified atom stereocenters. The van der Waals surface area contributed by atoms with Gasteiger partial charge in [0.15, 0.2) is 0 Å². The number of alkyl halides is 3. The first kappa shape index (κ1) is 19.5.